The molecule has 0 saturated heterocycles. The Morgan fingerprint density at radius 2 is 1.94 bits per heavy atom. The number of thioether (sulfide) groups is 1. The molecule has 0 saturated carbocycles. The first-order chi connectivity index (χ1) is 14.9. The number of benzene rings is 2. The topological polar surface area (TPSA) is 88.8 Å². The molecule has 3 aromatic rings. The van der Waals surface area contributed by atoms with Gasteiger partial charge in [-0.2, -0.15) is 0 Å². The fraction of sp³-hybridized carbons (Fsp3) is 0.333. The maximum atomic E-state index is 13.0. The summed E-state index contributed by atoms with van der Waals surface area (Å²) >= 11 is 2.91. The first-order valence-corrected chi connectivity index (χ1v) is 11.4. The second-order valence-corrected chi connectivity index (χ2v) is 9.21. The van der Waals surface area contributed by atoms with Crippen molar-refractivity contribution in [2.45, 2.75) is 11.3 Å². The van der Waals surface area contributed by atoms with Crippen molar-refractivity contribution in [1.29, 1.82) is 0 Å². The molecule has 0 unspecified atom stereocenters. The summed E-state index contributed by atoms with van der Waals surface area (Å²) in [7, 11) is 5.52. The summed E-state index contributed by atoms with van der Waals surface area (Å²) in [6.07, 6.45) is 0.361. The zero-order valence-corrected chi connectivity index (χ0v) is 19.2. The van der Waals surface area contributed by atoms with Crippen LogP contribution >= 0.6 is 23.1 Å². The summed E-state index contributed by atoms with van der Waals surface area (Å²) in [6, 6.07) is 12.3. The Bertz CT molecular complexity index is 1050. The second kappa shape index (κ2) is 10.6. The van der Waals surface area contributed by atoms with Crippen LogP contribution in [0.2, 0.25) is 0 Å². The van der Waals surface area contributed by atoms with Crippen molar-refractivity contribution in [3.05, 3.63) is 52.6 Å². The van der Waals surface area contributed by atoms with Gasteiger partial charge in [-0.1, -0.05) is 11.3 Å². The number of carbonyl (C=O) groups excluding carboxylic acids is 1. The van der Waals surface area contributed by atoms with Gasteiger partial charge in [0.1, 0.15) is 5.75 Å². The van der Waals surface area contributed by atoms with Gasteiger partial charge in [-0.3, -0.25) is 19.8 Å². The van der Waals surface area contributed by atoms with E-state index in [9.17, 15) is 14.9 Å². The van der Waals surface area contributed by atoms with Crippen molar-refractivity contribution in [1.82, 2.24) is 9.88 Å². The minimum absolute atomic E-state index is 0.0172. The molecular weight excluding hydrogens is 436 g/mol. The van der Waals surface area contributed by atoms with Crippen LogP contribution < -0.4 is 9.64 Å². The van der Waals surface area contributed by atoms with Gasteiger partial charge in [0.15, 0.2) is 5.13 Å². The molecule has 0 atom stereocenters. The number of hydrogen-bond donors (Lipinski definition) is 0. The number of nitrogens with zero attached hydrogens (tertiary/aromatic N) is 4. The highest BCUT2D eigenvalue weighted by Crippen LogP contribution is 2.32. The number of rotatable bonds is 10. The number of fused-ring (bicyclic) bond motifs is 1. The first kappa shape index (κ1) is 23.0. The monoisotopic (exact) mass is 460 g/mol. The molecule has 3 rings (SSSR count). The number of hydrogen-bond acceptors (Lipinski definition) is 8. The molecule has 0 bridgehead atoms. The van der Waals surface area contributed by atoms with E-state index in [-0.39, 0.29) is 11.6 Å². The van der Waals surface area contributed by atoms with Crippen molar-refractivity contribution in [3.63, 3.8) is 0 Å². The summed E-state index contributed by atoms with van der Waals surface area (Å²) in [5, 5.41) is 11.6. The summed E-state index contributed by atoms with van der Waals surface area (Å²) in [5.74, 6) is 1.42. The number of amides is 1. The molecule has 164 valence electrons. The molecular formula is C21H24N4O4S2. The SMILES string of the molecule is COc1ccc(SCCC(=O)N(CCN(C)C)c2nc3ccc([N+](=O)[O-])cc3s2)cc1. The second-order valence-electron chi connectivity index (χ2n) is 7.03. The normalized spacial score (nSPS) is 11.1. The molecule has 0 aliphatic carbocycles. The number of carbonyl (C=O) groups is 1. The van der Waals surface area contributed by atoms with E-state index in [0.717, 1.165) is 10.6 Å². The maximum absolute atomic E-state index is 13.0. The Hall–Kier alpha value is -2.69. The molecule has 0 aliphatic rings. The highest BCUT2D eigenvalue weighted by Gasteiger charge is 2.20. The van der Waals surface area contributed by atoms with Gasteiger partial charge in [-0.15, -0.1) is 11.8 Å². The fourth-order valence-electron chi connectivity index (χ4n) is 2.82. The molecule has 0 N–H and O–H groups in total. The quantitative estimate of drug-likeness (QED) is 0.253. The number of nitro benzene ring substituents is 1. The minimum Gasteiger partial charge on any atom is -0.497 e. The lowest BCUT2D eigenvalue weighted by atomic mass is 10.3. The van der Waals surface area contributed by atoms with Gasteiger partial charge in [0.25, 0.3) is 5.69 Å². The zero-order valence-electron chi connectivity index (χ0n) is 17.6. The maximum Gasteiger partial charge on any atom is 0.270 e. The van der Waals surface area contributed by atoms with Gasteiger partial charge in [0, 0.05) is 42.3 Å². The first-order valence-electron chi connectivity index (χ1n) is 9.64. The number of ether oxygens (including phenoxy) is 1. The van der Waals surface area contributed by atoms with Gasteiger partial charge in [0.2, 0.25) is 5.91 Å². The molecule has 0 spiro atoms. The van der Waals surface area contributed by atoms with Crippen LogP contribution in [0.4, 0.5) is 10.8 Å². The number of aromatic nitrogens is 1. The standard InChI is InChI=1S/C21H24N4O4S2/c1-23(2)11-12-24(20(26)10-13-30-17-7-5-16(29-3)6-8-17)21-22-18-9-4-15(25(27)28)14-19(18)31-21/h4-9,14H,10-13H2,1-3H3. The molecule has 0 aliphatic heterocycles. The van der Waals surface area contributed by atoms with Crippen molar-refractivity contribution in [2.24, 2.45) is 0 Å². The predicted molar refractivity (Wildman–Crippen MR) is 126 cm³/mol. The summed E-state index contributed by atoms with van der Waals surface area (Å²) in [6.45, 7) is 1.19. The minimum atomic E-state index is -0.426. The third kappa shape index (κ3) is 6.16. The average molecular weight is 461 g/mol. The van der Waals surface area contributed by atoms with Crippen LogP contribution in [0.25, 0.3) is 10.2 Å². The number of likely N-dealkylation sites (N-methyl/N-ethyl adjacent to an activating group) is 1. The van der Waals surface area contributed by atoms with E-state index in [1.807, 2.05) is 43.3 Å². The Kier molecular flexibility index (Phi) is 7.83. The van der Waals surface area contributed by atoms with Gasteiger partial charge < -0.3 is 9.64 Å². The molecule has 8 nitrogen and oxygen atoms in total. The van der Waals surface area contributed by atoms with Gasteiger partial charge in [-0.05, 0) is 44.4 Å². The Balaban J connectivity index is 1.72. The van der Waals surface area contributed by atoms with Crippen molar-refractivity contribution < 1.29 is 14.5 Å². The van der Waals surface area contributed by atoms with Crippen LogP contribution in [0.15, 0.2) is 47.4 Å². The van der Waals surface area contributed by atoms with E-state index in [2.05, 4.69) is 4.98 Å². The summed E-state index contributed by atoms with van der Waals surface area (Å²) < 4.78 is 5.86. The third-order valence-corrected chi connectivity index (χ3v) is 6.57. The Morgan fingerprint density at radius 3 is 2.58 bits per heavy atom. The van der Waals surface area contributed by atoms with E-state index < -0.39 is 4.92 Å². The number of non-ortho nitro benzene ring substituents is 1. The lowest BCUT2D eigenvalue weighted by Crippen LogP contribution is -2.36. The molecule has 1 heterocycles. The lowest BCUT2D eigenvalue weighted by Gasteiger charge is -2.22. The van der Waals surface area contributed by atoms with E-state index in [0.29, 0.717) is 40.6 Å². The largest absolute Gasteiger partial charge is 0.497 e. The molecule has 0 radical (unpaired) electrons. The van der Waals surface area contributed by atoms with Crippen molar-refractivity contribution >= 4 is 50.0 Å². The van der Waals surface area contributed by atoms with E-state index in [1.165, 1.54) is 23.5 Å². The number of methoxy groups -OCH3 is 1. The van der Waals surface area contributed by atoms with E-state index in [1.54, 1.807) is 29.8 Å². The van der Waals surface area contributed by atoms with Gasteiger partial charge >= 0.3 is 0 Å². The molecule has 2 aromatic carbocycles. The lowest BCUT2D eigenvalue weighted by molar-refractivity contribution is -0.384. The van der Waals surface area contributed by atoms with E-state index >= 15 is 0 Å². The number of anilines is 1. The summed E-state index contributed by atoms with van der Waals surface area (Å²) in [4.78, 5) is 33.0. The Morgan fingerprint density at radius 1 is 1.19 bits per heavy atom. The molecule has 1 aromatic heterocycles. The molecule has 10 heteroatoms. The van der Waals surface area contributed by atoms with Crippen LogP contribution in [0.5, 0.6) is 5.75 Å². The Labute approximate surface area is 189 Å². The van der Waals surface area contributed by atoms with Crippen LogP contribution in [0.3, 0.4) is 0 Å². The van der Waals surface area contributed by atoms with Gasteiger partial charge in [-0.25, -0.2) is 4.98 Å². The molecule has 1 amide bonds. The van der Waals surface area contributed by atoms with Crippen molar-refractivity contribution in [2.75, 3.05) is 44.9 Å². The summed E-state index contributed by atoms with van der Waals surface area (Å²) in [5.41, 5.74) is 0.672. The predicted octanol–water partition coefficient (Wildman–Crippen LogP) is 4.29. The van der Waals surface area contributed by atoms with Crippen molar-refractivity contribution in [3.8, 4) is 5.75 Å². The average Bonchev–Trinajstić information content (AvgIpc) is 3.17. The van der Waals surface area contributed by atoms with Crippen LogP contribution in [-0.2, 0) is 4.79 Å². The van der Waals surface area contributed by atoms with Crippen LogP contribution in [-0.4, -0.2) is 60.8 Å². The highest BCUT2D eigenvalue weighted by atomic mass is 32.2. The van der Waals surface area contributed by atoms with Gasteiger partial charge in [0.05, 0.1) is 22.2 Å². The number of thiazole rings is 1. The number of nitro groups is 1. The van der Waals surface area contributed by atoms with Crippen LogP contribution in [0.1, 0.15) is 6.42 Å². The van der Waals surface area contributed by atoms with E-state index in [4.69, 9.17) is 4.74 Å². The van der Waals surface area contributed by atoms with Crippen LogP contribution in [0, 0.1) is 10.1 Å². The molecule has 0 fully saturated rings. The fourth-order valence-corrected chi connectivity index (χ4v) is 4.70. The highest BCUT2D eigenvalue weighted by molar-refractivity contribution is 7.99. The smallest absolute Gasteiger partial charge is 0.270 e. The third-order valence-electron chi connectivity index (χ3n) is 4.52. The molecule has 31 heavy (non-hydrogen) atoms. The zero-order chi connectivity index (χ0) is 22.4.